The van der Waals surface area contributed by atoms with Gasteiger partial charge in [-0.3, -0.25) is 0 Å². The number of aromatic nitrogens is 1. The van der Waals surface area contributed by atoms with E-state index in [9.17, 15) is 0 Å². The molecule has 0 unspecified atom stereocenters. The molecule has 1 aromatic heterocycles. The molecule has 90 valence electrons. The fourth-order valence-corrected chi connectivity index (χ4v) is 2.36. The third kappa shape index (κ3) is 2.58. The molecule has 0 fully saturated rings. The van der Waals surface area contributed by atoms with Gasteiger partial charge in [-0.15, -0.1) is 0 Å². The van der Waals surface area contributed by atoms with E-state index in [0.717, 1.165) is 24.0 Å². The lowest BCUT2D eigenvalue weighted by molar-refractivity contribution is 0.636. The molecule has 0 bridgehead atoms. The first-order valence-electron chi connectivity index (χ1n) is 5.97. The summed E-state index contributed by atoms with van der Waals surface area (Å²) >= 11 is 3.57. The summed E-state index contributed by atoms with van der Waals surface area (Å²) in [6.45, 7) is 10.3. The van der Waals surface area contributed by atoms with E-state index in [1.807, 2.05) is 20.8 Å². The minimum atomic E-state index is 1.00. The van der Waals surface area contributed by atoms with Crippen LogP contribution in [0.3, 0.4) is 0 Å². The fourth-order valence-electron chi connectivity index (χ4n) is 1.96. The highest BCUT2D eigenvalue weighted by Gasteiger charge is 2.17. The number of fused-ring (bicyclic) bond motifs is 1. The van der Waals surface area contributed by atoms with E-state index in [4.69, 9.17) is 0 Å². The highest BCUT2D eigenvalue weighted by atomic mass is 79.9. The largest absolute Gasteiger partial charge is 0.357 e. The molecule has 0 spiro atoms. The van der Waals surface area contributed by atoms with Crippen molar-refractivity contribution in [2.24, 2.45) is 0 Å². The first kappa shape index (κ1) is 13.5. The van der Waals surface area contributed by atoms with Crippen molar-refractivity contribution in [1.82, 2.24) is 10.3 Å². The van der Waals surface area contributed by atoms with Gasteiger partial charge >= 0.3 is 0 Å². The van der Waals surface area contributed by atoms with Gasteiger partial charge in [-0.1, -0.05) is 19.9 Å². The van der Waals surface area contributed by atoms with Crippen LogP contribution < -0.4 is 5.32 Å². The van der Waals surface area contributed by atoms with Crippen LogP contribution in [0.2, 0.25) is 0 Å². The van der Waals surface area contributed by atoms with Crippen LogP contribution >= 0.6 is 15.9 Å². The van der Waals surface area contributed by atoms with Crippen molar-refractivity contribution in [2.75, 3.05) is 6.54 Å². The molecular weight excluding hydrogens is 264 g/mol. The molecule has 1 aliphatic rings. The zero-order valence-electron chi connectivity index (χ0n) is 10.6. The Kier molecular flexibility index (Phi) is 5.29. The van der Waals surface area contributed by atoms with Gasteiger partial charge in [0.1, 0.15) is 0 Å². The molecule has 0 aliphatic carbocycles. The van der Waals surface area contributed by atoms with E-state index >= 15 is 0 Å². The van der Waals surface area contributed by atoms with Crippen molar-refractivity contribution in [3.05, 3.63) is 28.6 Å². The second-order valence-corrected chi connectivity index (χ2v) is 4.50. The first-order valence-corrected chi connectivity index (χ1v) is 6.76. The molecule has 2 N–H and O–H groups in total. The van der Waals surface area contributed by atoms with E-state index < -0.39 is 0 Å². The van der Waals surface area contributed by atoms with Crippen molar-refractivity contribution < 1.29 is 0 Å². The van der Waals surface area contributed by atoms with Crippen LogP contribution in [0.4, 0.5) is 0 Å². The van der Waals surface area contributed by atoms with Crippen LogP contribution in [-0.4, -0.2) is 11.5 Å². The van der Waals surface area contributed by atoms with Gasteiger partial charge in [0.15, 0.2) is 0 Å². The van der Waals surface area contributed by atoms with Gasteiger partial charge in [-0.25, -0.2) is 0 Å². The number of hydrogen-bond donors (Lipinski definition) is 2. The quantitative estimate of drug-likeness (QED) is 0.808. The van der Waals surface area contributed by atoms with Crippen LogP contribution in [0.15, 0.2) is 6.08 Å². The third-order valence-electron chi connectivity index (χ3n) is 2.81. The maximum atomic E-state index is 3.57. The topological polar surface area (TPSA) is 27.8 Å². The number of H-pyrrole nitrogens is 1. The Bertz CT molecular complexity index is 378. The lowest BCUT2D eigenvalue weighted by Crippen LogP contribution is -2.23. The van der Waals surface area contributed by atoms with Crippen LogP contribution in [0, 0.1) is 6.92 Å². The predicted octanol–water partition coefficient (Wildman–Crippen LogP) is 3.75. The van der Waals surface area contributed by atoms with E-state index in [1.165, 1.54) is 22.5 Å². The number of hydrogen-bond acceptors (Lipinski definition) is 1. The summed E-state index contributed by atoms with van der Waals surface area (Å²) in [6, 6.07) is 0. The highest BCUT2D eigenvalue weighted by molar-refractivity contribution is 9.15. The second-order valence-electron chi connectivity index (χ2n) is 3.65. The van der Waals surface area contributed by atoms with Crippen LogP contribution in [0.5, 0.6) is 0 Å². The standard InChI is InChI=1S/C11H15BrN2.C2H6/c1-3-9(12)11-7(2)8-6-13-5-4-10(8)14-11;1-2/h3,13-14H,4-6H2,1-2H3;1-2H3/b9-3+;. The zero-order chi connectivity index (χ0) is 12.1. The van der Waals surface area contributed by atoms with Crippen molar-refractivity contribution >= 4 is 20.4 Å². The smallest absolute Gasteiger partial charge is 0.0556 e. The molecule has 16 heavy (non-hydrogen) atoms. The molecule has 0 amide bonds. The molecule has 2 heterocycles. The Morgan fingerprint density at radius 2 is 2.06 bits per heavy atom. The van der Waals surface area contributed by atoms with Crippen LogP contribution in [-0.2, 0) is 13.0 Å². The Balaban J connectivity index is 0.000000606. The monoisotopic (exact) mass is 284 g/mol. The lowest BCUT2D eigenvalue weighted by atomic mass is 10.1. The molecule has 0 radical (unpaired) electrons. The first-order chi connectivity index (χ1) is 7.74. The van der Waals surface area contributed by atoms with Gasteiger partial charge < -0.3 is 10.3 Å². The molecule has 0 atom stereocenters. The summed E-state index contributed by atoms with van der Waals surface area (Å²) < 4.78 is 1.16. The van der Waals surface area contributed by atoms with Gasteiger partial charge in [-0.05, 0) is 40.9 Å². The summed E-state index contributed by atoms with van der Waals surface area (Å²) in [5, 5.41) is 3.40. The second kappa shape index (κ2) is 6.26. The average Bonchev–Trinajstić information content (AvgIpc) is 2.69. The Morgan fingerprint density at radius 3 is 2.62 bits per heavy atom. The number of allylic oxidation sites excluding steroid dienone is 1. The lowest BCUT2D eigenvalue weighted by Gasteiger charge is -2.12. The molecule has 1 aliphatic heterocycles. The van der Waals surface area contributed by atoms with E-state index in [0.29, 0.717) is 0 Å². The van der Waals surface area contributed by atoms with Crippen molar-refractivity contribution in [3.63, 3.8) is 0 Å². The van der Waals surface area contributed by atoms with E-state index in [1.54, 1.807) is 0 Å². The molecule has 0 saturated carbocycles. The van der Waals surface area contributed by atoms with E-state index in [2.05, 4.69) is 39.2 Å². The third-order valence-corrected chi connectivity index (χ3v) is 3.67. The maximum Gasteiger partial charge on any atom is 0.0556 e. The molecule has 2 rings (SSSR count). The van der Waals surface area contributed by atoms with Crippen molar-refractivity contribution in [3.8, 4) is 0 Å². The number of rotatable bonds is 1. The Morgan fingerprint density at radius 1 is 1.38 bits per heavy atom. The SMILES string of the molecule is C/C=C(/Br)c1[nH]c2c(c1C)CNCC2.CC. The average molecular weight is 285 g/mol. The normalized spacial score (nSPS) is 15.2. The van der Waals surface area contributed by atoms with Crippen LogP contribution in [0.1, 0.15) is 43.3 Å². The maximum absolute atomic E-state index is 3.57. The fraction of sp³-hybridized carbons (Fsp3) is 0.538. The Labute approximate surface area is 107 Å². The van der Waals surface area contributed by atoms with Gasteiger partial charge in [0.05, 0.1) is 5.69 Å². The van der Waals surface area contributed by atoms with Crippen LogP contribution in [0.25, 0.3) is 4.48 Å². The summed E-state index contributed by atoms with van der Waals surface area (Å²) in [5.41, 5.74) is 5.46. The molecule has 3 heteroatoms. The summed E-state index contributed by atoms with van der Waals surface area (Å²) in [6.07, 6.45) is 3.19. The van der Waals surface area contributed by atoms with E-state index in [-0.39, 0.29) is 0 Å². The molecule has 0 saturated heterocycles. The van der Waals surface area contributed by atoms with Gasteiger partial charge in [-0.2, -0.15) is 0 Å². The summed E-state index contributed by atoms with van der Waals surface area (Å²) in [4.78, 5) is 3.50. The number of aromatic amines is 1. The zero-order valence-corrected chi connectivity index (χ0v) is 12.2. The summed E-state index contributed by atoms with van der Waals surface area (Å²) in [5.74, 6) is 0. The predicted molar refractivity (Wildman–Crippen MR) is 74.9 cm³/mol. The number of halogens is 1. The van der Waals surface area contributed by atoms with Crippen molar-refractivity contribution in [2.45, 2.75) is 40.7 Å². The number of nitrogens with one attached hydrogen (secondary N) is 2. The van der Waals surface area contributed by atoms with Gasteiger partial charge in [0.25, 0.3) is 0 Å². The summed E-state index contributed by atoms with van der Waals surface area (Å²) in [7, 11) is 0. The van der Waals surface area contributed by atoms with Crippen molar-refractivity contribution in [1.29, 1.82) is 0 Å². The minimum Gasteiger partial charge on any atom is -0.357 e. The van der Waals surface area contributed by atoms with Gasteiger partial charge in [0, 0.05) is 29.7 Å². The molecule has 1 aromatic rings. The molecular formula is C13H21BrN2. The Hall–Kier alpha value is -0.540. The molecule has 0 aromatic carbocycles. The minimum absolute atomic E-state index is 1.00. The molecule has 2 nitrogen and oxygen atoms in total. The van der Waals surface area contributed by atoms with Gasteiger partial charge in [0.2, 0.25) is 0 Å². The highest BCUT2D eigenvalue weighted by Crippen LogP contribution is 2.29.